The van der Waals surface area contributed by atoms with Crippen molar-refractivity contribution >= 4 is 5.97 Å². The van der Waals surface area contributed by atoms with E-state index in [1.54, 1.807) is 0 Å². The monoisotopic (exact) mass is 328 g/mol. The fourth-order valence-corrected chi connectivity index (χ4v) is 1.85. The summed E-state index contributed by atoms with van der Waals surface area (Å²) in [7, 11) is 0. The van der Waals surface area contributed by atoms with Crippen molar-refractivity contribution in [2.45, 2.75) is 58.3 Å². The molecule has 0 aromatic heterocycles. The van der Waals surface area contributed by atoms with Gasteiger partial charge in [-0.1, -0.05) is 79.8 Å². The fourth-order valence-electron chi connectivity index (χ4n) is 1.85. The molecule has 0 heterocycles. The van der Waals surface area contributed by atoms with Crippen LogP contribution >= 0.6 is 0 Å². The molecule has 0 saturated carbocycles. The van der Waals surface area contributed by atoms with Gasteiger partial charge in [0.1, 0.15) is 0 Å². The molecule has 0 saturated heterocycles. The van der Waals surface area contributed by atoms with E-state index in [2.05, 4.69) is 67.7 Å². The molecule has 1 N–H and O–H groups in total. The lowest BCUT2D eigenvalue weighted by Gasteiger charge is -1.87. The number of allylic oxidation sites excluding steroid dienone is 12. The molecule has 2 nitrogen and oxygen atoms in total. The molecule has 24 heavy (non-hydrogen) atoms. The molecule has 132 valence electrons. The Balaban J connectivity index is 3.51. The van der Waals surface area contributed by atoms with Crippen molar-refractivity contribution in [2.75, 3.05) is 0 Å². The van der Waals surface area contributed by atoms with Crippen LogP contribution in [-0.2, 0) is 4.79 Å². The van der Waals surface area contributed by atoms with Crippen molar-refractivity contribution in [3.8, 4) is 0 Å². The van der Waals surface area contributed by atoms with Gasteiger partial charge in [0.25, 0.3) is 0 Å². The highest BCUT2D eigenvalue weighted by molar-refractivity contribution is 5.66. The van der Waals surface area contributed by atoms with E-state index >= 15 is 0 Å². The van der Waals surface area contributed by atoms with E-state index in [1.807, 2.05) is 12.2 Å². The molecule has 0 spiro atoms. The Morgan fingerprint density at radius 3 is 1.29 bits per heavy atom. The molecule has 0 unspecified atom stereocenters. The molecule has 0 radical (unpaired) electrons. The second kappa shape index (κ2) is 19.0. The maximum atomic E-state index is 10.3. The molecule has 0 aliphatic carbocycles. The summed E-state index contributed by atoms with van der Waals surface area (Å²) in [4.78, 5) is 10.3. The molecule has 0 bridgehead atoms. The number of aliphatic carboxylic acids is 1. The van der Waals surface area contributed by atoms with Crippen LogP contribution in [0.25, 0.3) is 0 Å². The van der Waals surface area contributed by atoms with E-state index in [9.17, 15) is 4.79 Å². The van der Waals surface area contributed by atoms with Crippen molar-refractivity contribution in [3.05, 3.63) is 72.9 Å². The van der Waals surface area contributed by atoms with Crippen LogP contribution < -0.4 is 0 Å². The van der Waals surface area contributed by atoms with Gasteiger partial charge in [0.05, 0.1) is 0 Å². The van der Waals surface area contributed by atoms with Crippen LogP contribution in [0.1, 0.15) is 58.3 Å². The SMILES string of the molecule is CC/C=C/C/C=C/C/C=C\C/C=C/C/C=C/C/C=C\CCC(=O)O. The first-order valence-corrected chi connectivity index (χ1v) is 8.89. The highest BCUT2D eigenvalue weighted by Crippen LogP contribution is 1.97. The van der Waals surface area contributed by atoms with Crippen LogP contribution in [0.4, 0.5) is 0 Å². The molecule has 0 rings (SSSR count). The zero-order chi connectivity index (χ0) is 17.7. The Labute approximate surface area is 147 Å². The van der Waals surface area contributed by atoms with E-state index in [4.69, 9.17) is 5.11 Å². The van der Waals surface area contributed by atoms with Crippen molar-refractivity contribution in [3.63, 3.8) is 0 Å². The molecule has 2 heteroatoms. The minimum atomic E-state index is -0.741. The lowest BCUT2D eigenvalue weighted by molar-refractivity contribution is -0.136. The standard InChI is InChI=1S/C22H32O2/c1-2-3-4-5-6-7-8-9-10-11-12-13-14-15-16-17-18-19-20-21-22(23)24/h3-4,6-7,9-10,12-13,15-16,18-19H,2,5,8,11,14,17,20-21H2,1H3,(H,23,24)/b4-3+,7-6+,10-9-,13-12+,16-15+,19-18-. The largest absolute Gasteiger partial charge is 0.481 e. The first-order valence-electron chi connectivity index (χ1n) is 8.89. The fraction of sp³-hybridized carbons (Fsp3) is 0.409. The summed E-state index contributed by atoms with van der Waals surface area (Å²) in [5.74, 6) is -0.741. The molecule has 0 aliphatic heterocycles. The maximum Gasteiger partial charge on any atom is 0.303 e. The molecule has 0 amide bonds. The third-order valence-corrected chi connectivity index (χ3v) is 3.12. The van der Waals surface area contributed by atoms with E-state index in [0.717, 1.165) is 38.5 Å². The van der Waals surface area contributed by atoms with Gasteiger partial charge in [0.2, 0.25) is 0 Å². The van der Waals surface area contributed by atoms with Crippen LogP contribution in [0.15, 0.2) is 72.9 Å². The van der Waals surface area contributed by atoms with Gasteiger partial charge in [-0.05, 0) is 44.9 Å². The second-order valence-electron chi connectivity index (χ2n) is 5.35. The summed E-state index contributed by atoms with van der Waals surface area (Å²) < 4.78 is 0. The van der Waals surface area contributed by atoms with E-state index in [0.29, 0.717) is 6.42 Å². The first kappa shape index (κ1) is 21.9. The topological polar surface area (TPSA) is 37.3 Å². The lowest BCUT2D eigenvalue weighted by atomic mass is 10.2. The third kappa shape index (κ3) is 19.9. The van der Waals surface area contributed by atoms with Crippen LogP contribution in [0, 0.1) is 0 Å². The van der Waals surface area contributed by atoms with Crippen LogP contribution in [0.3, 0.4) is 0 Å². The van der Waals surface area contributed by atoms with Gasteiger partial charge >= 0.3 is 5.97 Å². The molecule has 0 aromatic rings. The summed E-state index contributed by atoms with van der Waals surface area (Å²) >= 11 is 0. The molecule has 0 fully saturated rings. The molecular formula is C22H32O2. The second-order valence-corrected chi connectivity index (χ2v) is 5.35. The van der Waals surface area contributed by atoms with Gasteiger partial charge in [-0.25, -0.2) is 0 Å². The third-order valence-electron chi connectivity index (χ3n) is 3.12. The Morgan fingerprint density at radius 1 is 0.625 bits per heavy atom. The van der Waals surface area contributed by atoms with Crippen molar-refractivity contribution < 1.29 is 9.90 Å². The van der Waals surface area contributed by atoms with Gasteiger partial charge in [0, 0.05) is 6.42 Å². The van der Waals surface area contributed by atoms with E-state index < -0.39 is 5.97 Å². The van der Waals surface area contributed by atoms with Gasteiger partial charge in [-0.3, -0.25) is 4.79 Å². The summed E-state index contributed by atoms with van der Waals surface area (Å²) in [5, 5.41) is 8.49. The zero-order valence-corrected chi connectivity index (χ0v) is 14.9. The van der Waals surface area contributed by atoms with Crippen LogP contribution in [0.5, 0.6) is 0 Å². The summed E-state index contributed by atoms with van der Waals surface area (Å²) in [6, 6.07) is 0. The molecule has 0 atom stereocenters. The molecular weight excluding hydrogens is 296 g/mol. The first-order chi connectivity index (χ1) is 11.8. The van der Waals surface area contributed by atoms with Gasteiger partial charge < -0.3 is 5.11 Å². The maximum absolute atomic E-state index is 10.3. The average Bonchev–Trinajstić information content (AvgIpc) is 2.56. The van der Waals surface area contributed by atoms with Gasteiger partial charge in [-0.15, -0.1) is 0 Å². The Bertz CT molecular complexity index is 462. The number of hydrogen-bond acceptors (Lipinski definition) is 1. The number of carboxylic acids is 1. The number of carbonyl (C=O) groups is 1. The van der Waals surface area contributed by atoms with Gasteiger partial charge in [-0.2, -0.15) is 0 Å². The minimum absolute atomic E-state index is 0.210. The highest BCUT2D eigenvalue weighted by Gasteiger charge is 1.90. The highest BCUT2D eigenvalue weighted by atomic mass is 16.4. The Kier molecular flexibility index (Phi) is 17.3. The predicted octanol–water partition coefficient (Wildman–Crippen LogP) is 6.55. The van der Waals surface area contributed by atoms with E-state index in [-0.39, 0.29) is 6.42 Å². The van der Waals surface area contributed by atoms with Crippen LogP contribution in [-0.4, -0.2) is 11.1 Å². The zero-order valence-electron chi connectivity index (χ0n) is 14.9. The normalized spacial score (nSPS) is 13.0. The van der Waals surface area contributed by atoms with Crippen molar-refractivity contribution in [1.82, 2.24) is 0 Å². The van der Waals surface area contributed by atoms with E-state index in [1.165, 1.54) is 0 Å². The summed E-state index contributed by atoms with van der Waals surface area (Å²) in [6.45, 7) is 2.15. The molecule has 0 aromatic carbocycles. The Morgan fingerprint density at radius 2 is 0.958 bits per heavy atom. The van der Waals surface area contributed by atoms with Crippen molar-refractivity contribution in [2.24, 2.45) is 0 Å². The van der Waals surface area contributed by atoms with Gasteiger partial charge in [0.15, 0.2) is 0 Å². The average molecular weight is 328 g/mol. The summed E-state index contributed by atoms with van der Waals surface area (Å²) in [5.41, 5.74) is 0. The van der Waals surface area contributed by atoms with Crippen LogP contribution in [0.2, 0.25) is 0 Å². The number of rotatable bonds is 14. The smallest absolute Gasteiger partial charge is 0.303 e. The Hall–Kier alpha value is -2.09. The molecule has 0 aliphatic rings. The summed E-state index contributed by atoms with van der Waals surface area (Å²) in [6.07, 6.45) is 32.5. The lowest BCUT2D eigenvalue weighted by Crippen LogP contribution is -1.91. The number of carboxylic acid groups (broad SMARTS) is 1. The predicted molar refractivity (Wildman–Crippen MR) is 105 cm³/mol. The quantitative estimate of drug-likeness (QED) is 0.367. The minimum Gasteiger partial charge on any atom is -0.481 e. The van der Waals surface area contributed by atoms with Crippen molar-refractivity contribution in [1.29, 1.82) is 0 Å². The number of hydrogen-bond donors (Lipinski definition) is 1.